The zero-order valence-electron chi connectivity index (χ0n) is 14.5. The summed E-state index contributed by atoms with van der Waals surface area (Å²) in [7, 11) is 4.61. The van der Waals surface area contributed by atoms with Gasteiger partial charge >= 0.3 is 0 Å². The number of carbonyl (C=O) groups excluding carboxylic acids is 1. The first kappa shape index (κ1) is 17.1. The smallest absolute Gasteiger partial charge is 0.257 e. The highest BCUT2D eigenvalue weighted by molar-refractivity contribution is 5.98. The molecule has 3 rings (SSSR count). The van der Waals surface area contributed by atoms with E-state index in [4.69, 9.17) is 18.7 Å². The van der Waals surface area contributed by atoms with Crippen molar-refractivity contribution in [1.29, 1.82) is 0 Å². The van der Waals surface area contributed by atoms with Gasteiger partial charge in [-0.25, -0.2) is 0 Å². The monoisotopic (exact) mass is 347 g/mol. The van der Waals surface area contributed by atoms with Gasteiger partial charge in [-0.05, 0) is 12.8 Å². The van der Waals surface area contributed by atoms with Gasteiger partial charge in [0.1, 0.15) is 5.75 Å². The summed E-state index contributed by atoms with van der Waals surface area (Å²) in [4.78, 5) is 18.9. The van der Waals surface area contributed by atoms with Crippen molar-refractivity contribution in [2.75, 3.05) is 34.4 Å². The van der Waals surface area contributed by atoms with Crippen LogP contribution in [0.25, 0.3) is 0 Å². The van der Waals surface area contributed by atoms with E-state index in [0.29, 0.717) is 41.7 Å². The minimum absolute atomic E-state index is 0.0932. The zero-order chi connectivity index (χ0) is 17.8. The number of nitrogens with zero attached hydrogens (tertiary/aromatic N) is 3. The Morgan fingerprint density at radius 1 is 1.08 bits per heavy atom. The van der Waals surface area contributed by atoms with Crippen LogP contribution in [-0.4, -0.2) is 55.4 Å². The highest BCUT2D eigenvalue weighted by Crippen LogP contribution is 2.36. The van der Waals surface area contributed by atoms with E-state index in [2.05, 4.69) is 10.1 Å². The first-order valence-corrected chi connectivity index (χ1v) is 8.03. The van der Waals surface area contributed by atoms with E-state index < -0.39 is 0 Å². The Bertz CT molecular complexity index is 724. The fraction of sp³-hybridized carbons (Fsp3) is 0.471. The summed E-state index contributed by atoms with van der Waals surface area (Å²) in [5.74, 6) is 2.30. The third-order valence-corrected chi connectivity index (χ3v) is 4.46. The molecule has 1 aromatic carbocycles. The largest absolute Gasteiger partial charge is 0.496 e. The summed E-state index contributed by atoms with van der Waals surface area (Å²) < 4.78 is 20.7. The van der Waals surface area contributed by atoms with Gasteiger partial charge in [0.25, 0.3) is 5.91 Å². The number of hydrogen-bond donors (Lipinski definition) is 0. The minimum Gasteiger partial charge on any atom is -0.496 e. The molecule has 0 N–H and O–H groups in total. The first-order chi connectivity index (χ1) is 12.2. The molecule has 8 heteroatoms. The average Bonchev–Trinajstić information content (AvgIpc) is 3.21. The molecule has 1 fully saturated rings. The van der Waals surface area contributed by atoms with E-state index in [9.17, 15) is 4.79 Å². The van der Waals surface area contributed by atoms with Crippen LogP contribution >= 0.6 is 0 Å². The Hall–Kier alpha value is -2.77. The van der Waals surface area contributed by atoms with Crippen LogP contribution in [0.15, 0.2) is 23.0 Å². The molecule has 2 heterocycles. The number of amides is 1. The Balaban J connectivity index is 1.77. The van der Waals surface area contributed by atoms with Crippen LogP contribution < -0.4 is 14.2 Å². The van der Waals surface area contributed by atoms with Crippen LogP contribution in [0.5, 0.6) is 17.2 Å². The van der Waals surface area contributed by atoms with Crippen molar-refractivity contribution in [3.8, 4) is 17.2 Å². The van der Waals surface area contributed by atoms with Crippen LogP contribution in [0.1, 0.15) is 34.9 Å². The molecule has 1 aliphatic rings. The first-order valence-electron chi connectivity index (χ1n) is 8.03. The van der Waals surface area contributed by atoms with Crippen LogP contribution in [-0.2, 0) is 0 Å². The van der Waals surface area contributed by atoms with Gasteiger partial charge in [0.05, 0.1) is 26.9 Å². The number of benzene rings is 1. The fourth-order valence-corrected chi connectivity index (χ4v) is 3.07. The normalized spacial score (nSPS) is 15.1. The van der Waals surface area contributed by atoms with E-state index in [1.807, 2.05) is 0 Å². The zero-order valence-corrected chi connectivity index (χ0v) is 14.5. The second-order valence-electron chi connectivity index (χ2n) is 5.76. The predicted octanol–water partition coefficient (Wildman–Crippen LogP) is 2.12. The summed E-state index contributed by atoms with van der Waals surface area (Å²) in [6.07, 6.45) is 2.92. The summed E-state index contributed by atoms with van der Waals surface area (Å²) >= 11 is 0. The van der Waals surface area contributed by atoms with Gasteiger partial charge in [-0.2, -0.15) is 4.98 Å². The van der Waals surface area contributed by atoms with Crippen molar-refractivity contribution in [3.63, 3.8) is 0 Å². The molecule has 0 unspecified atom stereocenters. The Morgan fingerprint density at radius 3 is 2.28 bits per heavy atom. The molecule has 0 saturated carbocycles. The number of methoxy groups -OCH3 is 3. The number of aromatic nitrogens is 2. The number of carbonyl (C=O) groups is 1. The molecular weight excluding hydrogens is 326 g/mol. The summed E-state index contributed by atoms with van der Waals surface area (Å²) in [5.41, 5.74) is 0.457. The lowest BCUT2D eigenvalue weighted by Gasteiger charge is -2.31. The molecule has 1 saturated heterocycles. The maximum Gasteiger partial charge on any atom is 0.257 e. The van der Waals surface area contributed by atoms with Gasteiger partial charge in [-0.3, -0.25) is 4.79 Å². The van der Waals surface area contributed by atoms with E-state index in [1.165, 1.54) is 20.6 Å². The molecule has 0 bridgehead atoms. The van der Waals surface area contributed by atoms with Gasteiger partial charge in [0.15, 0.2) is 17.3 Å². The van der Waals surface area contributed by atoms with E-state index >= 15 is 0 Å². The van der Waals surface area contributed by atoms with Crippen molar-refractivity contribution in [1.82, 2.24) is 15.0 Å². The van der Waals surface area contributed by atoms with Crippen molar-refractivity contribution < 1.29 is 23.5 Å². The average molecular weight is 347 g/mol. The predicted molar refractivity (Wildman–Crippen MR) is 88.3 cm³/mol. The minimum atomic E-state index is -0.0932. The van der Waals surface area contributed by atoms with Crippen molar-refractivity contribution in [2.24, 2.45) is 0 Å². The lowest BCUT2D eigenvalue weighted by atomic mass is 9.95. The second kappa shape index (κ2) is 7.42. The molecule has 0 atom stereocenters. The summed E-state index contributed by atoms with van der Waals surface area (Å²) in [5, 5.41) is 3.90. The third-order valence-electron chi connectivity index (χ3n) is 4.46. The number of hydrogen-bond acceptors (Lipinski definition) is 7. The number of piperidine rings is 1. The maximum absolute atomic E-state index is 12.9. The van der Waals surface area contributed by atoms with Gasteiger partial charge < -0.3 is 23.6 Å². The van der Waals surface area contributed by atoms with Gasteiger partial charge in [-0.15, -0.1) is 0 Å². The Morgan fingerprint density at radius 2 is 1.72 bits per heavy atom. The molecule has 134 valence electrons. The summed E-state index contributed by atoms with van der Waals surface area (Å²) in [6, 6.07) is 3.32. The van der Waals surface area contributed by atoms with Crippen molar-refractivity contribution in [3.05, 3.63) is 29.9 Å². The van der Waals surface area contributed by atoms with Gasteiger partial charge in [-0.1, -0.05) is 5.16 Å². The topological polar surface area (TPSA) is 86.9 Å². The van der Waals surface area contributed by atoms with Crippen molar-refractivity contribution in [2.45, 2.75) is 18.8 Å². The number of rotatable bonds is 5. The number of likely N-dealkylation sites (tertiary alicyclic amines) is 1. The lowest BCUT2D eigenvalue weighted by molar-refractivity contribution is 0.0706. The van der Waals surface area contributed by atoms with E-state index in [1.54, 1.807) is 24.1 Å². The molecule has 8 nitrogen and oxygen atoms in total. The van der Waals surface area contributed by atoms with Crippen LogP contribution in [0.4, 0.5) is 0 Å². The molecule has 2 aromatic rings. The highest BCUT2D eigenvalue weighted by atomic mass is 16.5. The summed E-state index contributed by atoms with van der Waals surface area (Å²) in [6.45, 7) is 1.24. The Kier molecular flexibility index (Phi) is 5.06. The molecule has 25 heavy (non-hydrogen) atoms. The standard InChI is InChI=1S/C17H21N3O5/c1-22-13-9-15(24-3)14(23-2)8-12(13)17(21)20-6-4-11(5-7-20)16-18-10-25-19-16/h8-11H,4-7H2,1-3H3. The van der Waals surface area contributed by atoms with Crippen LogP contribution in [0.2, 0.25) is 0 Å². The SMILES string of the molecule is COc1cc(OC)c(C(=O)N2CCC(c3ncon3)CC2)cc1OC. The second-order valence-corrected chi connectivity index (χ2v) is 5.76. The number of ether oxygens (including phenoxy) is 3. The lowest BCUT2D eigenvalue weighted by Crippen LogP contribution is -2.38. The van der Waals surface area contributed by atoms with Gasteiger partial charge in [0.2, 0.25) is 6.39 Å². The molecule has 1 amide bonds. The third kappa shape index (κ3) is 3.38. The maximum atomic E-state index is 12.9. The van der Waals surface area contributed by atoms with Crippen molar-refractivity contribution >= 4 is 5.91 Å². The molecule has 0 radical (unpaired) electrons. The molecule has 1 aliphatic heterocycles. The molecule has 1 aromatic heterocycles. The molecular formula is C17H21N3O5. The van der Waals surface area contributed by atoms with E-state index in [0.717, 1.165) is 12.8 Å². The van der Waals surface area contributed by atoms with Crippen LogP contribution in [0, 0.1) is 0 Å². The van der Waals surface area contributed by atoms with E-state index in [-0.39, 0.29) is 11.8 Å². The molecule has 0 spiro atoms. The quantitative estimate of drug-likeness (QED) is 0.818. The highest BCUT2D eigenvalue weighted by Gasteiger charge is 2.29. The van der Waals surface area contributed by atoms with Crippen LogP contribution in [0.3, 0.4) is 0 Å². The van der Waals surface area contributed by atoms with Gasteiger partial charge in [0, 0.05) is 31.1 Å². The fourth-order valence-electron chi connectivity index (χ4n) is 3.07. The Labute approximate surface area is 145 Å². The molecule has 0 aliphatic carbocycles.